The monoisotopic (exact) mass is 237 g/mol. The lowest BCUT2D eigenvalue weighted by Gasteiger charge is -2.01. The largest absolute Gasteiger partial charge is 0.287 e. The third kappa shape index (κ3) is 2.08. The molecule has 0 unspecified atom stereocenters. The van der Waals surface area contributed by atoms with Crippen LogP contribution >= 0.6 is 22.9 Å². The van der Waals surface area contributed by atoms with Crippen LogP contribution in [0.3, 0.4) is 0 Å². The predicted octanol–water partition coefficient (Wildman–Crippen LogP) is 3.34. The number of hydrogen-bond donors (Lipinski definition) is 0. The van der Waals surface area contributed by atoms with Crippen LogP contribution in [0.25, 0.3) is 0 Å². The molecule has 0 amide bonds. The highest BCUT2D eigenvalue weighted by Crippen LogP contribution is 2.18. The average molecular weight is 238 g/mol. The first-order valence-electron chi connectivity index (χ1n) is 4.37. The van der Waals surface area contributed by atoms with Gasteiger partial charge in [-0.25, -0.2) is 4.98 Å². The lowest BCUT2D eigenvalue weighted by Crippen LogP contribution is -2.01. The van der Waals surface area contributed by atoms with Crippen molar-refractivity contribution in [2.45, 2.75) is 6.92 Å². The number of halogens is 1. The Balaban J connectivity index is 2.39. The molecule has 0 saturated heterocycles. The highest BCUT2D eigenvalue weighted by molar-refractivity contribution is 7.07. The Morgan fingerprint density at radius 1 is 1.47 bits per heavy atom. The molecule has 0 N–H and O–H groups in total. The Morgan fingerprint density at radius 3 is 2.87 bits per heavy atom. The Hall–Kier alpha value is -1.19. The summed E-state index contributed by atoms with van der Waals surface area (Å²) in [6, 6.07) is 5.28. The number of aryl methyl sites for hydroxylation is 1. The summed E-state index contributed by atoms with van der Waals surface area (Å²) < 4.78 is 0. The van der Waals surface area contributed by atoms with Crippen molar-refractivity contribution < 1.29 is 4.79 Å². The van der Waals surface area contributed by atoms with Crippen molar-refractivity contribution >= 4 is 28.7 Å². The van der Waals surface area contributed by atoms with Gasteiger partial charge in [0.25, 0.3) is 0 Å². The van der Waals surface area contributed by atoms with E-state index in [0.29, 0.717) is 16.3 Å². The second-order valence-electron chi connectivity index (χ2n) is 3.17. The van der Waals surface area contributed by atoms with Crippen LogP contribution < -0.4 is 0 Å². The highest BCUT2D eigenvalue weighted by Gasteiger charge is 2.11. The molecule has 4 heteroatoms. The smallest absolute Gasteiger partial charge is 0.212 e. The van der Waals surface area contributed by atoms with E-state index in [2.05, 4.69) is 4.98 Å². The molecule has 76 valence electrons. The molecular weight excluding hydrogens is 230 g/mol. The molecule has 0 atom stereocenters. The minimum absolute atomic E-state index is 0.0850. The second kappa shape index (κ2) is 4.13. The van der Waals surface area contributed by atoms with Crippen LogP contribution in [-0.4, -0.2) is 10.8 Å². The first kappa shape index (κ1) is 10.3. The fourth-order valence-corrected chi connectivity index (χ4v) is 1.92. The molecule has 0 radical (unpaired) electrons. The Bertz CT molecular complexity index is 493. The van der Waals surface area contributed by atoms with Crippen molar-refractivity contribution in [3.05, 3.63) is 50.9 Å². The van der Waals surface area contributed by atoms with Crippen LogP contribution in [0.15, 0.2) is 29.1 Å². The van der Waals surface area contributed by atoms with E-state index < -0.39 is 0 Å². The van der Waals surface area contributed by atoms with Crippen molar-refractivity contribution in [3.63, 3.8) is 0 Å². The van der Waals surface area contributed by atoms with E-state index in [-0.39, 0.29) is 5.78 Å². The molecule has 0 spiro atoms. The van der Waals surface area contributed by atoms with Gasteiger partial charge in [0.15, 0.2) is 0 Å². The van der Waals surface area contributed by atoms with Gasteiger partial charge in [-0.2, -0.15) is 0 Å². The first-order chi connectivity index (χ1) is 7.18. The molecule has 2 aromatic rings. The van der Waals surface area contributed by atoms with Gasteiger partial charge in [-0.3, -0.25) is 4.79 Å². The molecule has 0 saturated carbocycles. The van der Waals surface area contributed by atoms with Gasteiger partial charge < -0.3 is 0 Å². The van der Waals surface area contributed by atoms with Gasteiger partial charge in [-0.05, 0) is 18.6 Å². The van der Waals surface area contributed by atoms with Crippen molar-refractivity contribution in [2.24, 2.45) is 0 Å². The van der Waals surface area contributed by atoms with Gasteiger partial charge in [0.05, 0.1) is 5.51 Å². The van der Waals surface area contributed by atoms with Crippen molar-refractivity contribution in [3.8, 4) is 0 Å². The number of aromatic nitrogens is 1. The normalized spacial score (nSPS) is 10.3. The number of rotatable bonds is 2. The summed E-state index contributed by atoms with van der Waals surface area (Å²) in [5, 5.41) is 2.34. The fourth-order valence-electron chi connectivity index (χ4n) is 1.21. The Morgan fingerprint density at radius 2 is 2.27 bits per heavy atom. The molecule has 2 rings (SSSR count). The van der Waals surface area contributed by atoms with Gasteiger partial charge >= 0.3 is 0 Å². The fraction of sp³-hybridized carbons (Fsp3) is 0.0909. The van der Waals surface area contributed by atoms with E-state index in [9.17, 15) is 4.79 Å². The number of thiazole rings is 1. The molecule has 0 aliphatic carbocycles. The van der Waals surface area contributed by atoms with Crippen LogP contribution in [0, 0.1) is 6.92 Å². The third-order valence-corrected chi connectivity index (χ3v) is 3.09. The number of carbonyl (C=O) groups excluding carboxylic acids is 1. The summed E-state index contributed by atoms with van der Waals surface area (Å²) in [7, 11) is 0. The van der Waals surface area contributed by atoms with Crippen LogP contribution in [0.1, 0.15) is 21.6 Å². The predicted molar refractivity (Wildman–Crippen MR) is 61.7 cm³/mol. The van der Waals surface area contributed by atoms with Crippen molar-refractivity contribution in [2.75, 3.05) is 0 Å². The second-order valence-corrected chi connectivity index (χ2v) is 4.29. The number of ketones is 1. The number of benzene rings is 1. The first-order valence-corrected chi connectivity index (χ1v) is 5.69. The summed E-state index contributed by atoms with van der Waals surface area (Å²) in [6.07, 6.45) is 0. The zero-order chi connectivity index (χ0) is 10.8. The van der Waals surface area contributed by atoms with Gasteiger partial charge in [0.2, 0.25) is 5.78 Å². The van der Waals surface area contributed by atoms with Crippen molar-refractivity contribution in [1.82, 2.24) is 4.98 Å². The summed E-state index contributed by atoms with van der Waals surface area (Å²) >= 11 is 7.35. The SMILES string of the molecule is Cc1ccc(C(=O)c2cscn2)cc1Cl. The number of hydrogen-bond acceptors (Lipinski definition) is 3. The maximum atomic E-state index is 11.9. The Labute approximate surface area is 96.5 Å². The molecule has 0 aliphatic heterocycles. The van der Waals surface area contributed by atoms with Gasteiger partial charge in [-0.1, -0.05) is 23.7 Å². The van der Waals surface area contributed by atoms with E-state index in [1.807, 2.05) is 13.0 Å². The van der Waals surface area contributed by atoms with Crippen LogP contribution in [0.2, 0.25) is 5.02 Å². The van der Waals surface area contributed by atoms with E-state index >= 15 is 0 Å². The van der Waals surface area contributed by atoms with E-state index in [0.717, 1.165) is 5.56 Å². The van der Waals surface area contributed by atoms with E-state index in [1.54, 1.807) is 23.0 Å². The minimum Gasteiger partial charge on any atom is -0.287 e. The maximum Gasteiger partial charge on any atom is 0.212 e. The zero-order valence-electron chi connectivity index (χ0n) is 8.03. The summed E-state index contributed by atoms with van der Waals surface area (Å²) in [5.74, 6) is -0.0850. The summed E-state index contributed by atoms with van der Waals surface area (Å²) in [5.41, 5.74) is 3.66. The summed E-state index contributed by atoms with van der Waals surface area (Å²) in [6.45, 7) is 1.90. The molecule has 0 bridgehead atoms. The maximum absolute atomic E-state index is 11.9. The van der Waals surface area contributed by atoms with Crippen LogP contribution in [-0.2, 0) is 0 Å². The quantitative estimate of drug-likeness (QED) is 0.750. The van der Waals surface area contributed by atoms with Gasteiger partial charge in [-0.15, -0.1) is 11.3 Å². The molecule has 1 heterocycles. The van der Waals surface area contributed by atoms with E-state index in [1.165, 1.54) is 11.3 Å². The van der Waals surface area contributed by atoms with Crippen LogP contribution in [0.4, 0.5) is 0 Å². The number of nitrogens with zero attached hydrogens (tertiary/aromatic N) is 1. The molecule has 2 nitrogen and oxygen atoms in total. The lowest BCUT2D eigenvalue weighted by molar-refractivity contribution is 0.103. The topological polar surface area (TPSA) is 30.0 Å². The van der Waals surface area contributed by atoms with Gasteiger partial charge in [0, 0.05) is 16.0 Å². The minimum atomic E-state index is -0.0850. The van der Waals surface area contributed by atoms with E-state index in [4.69, 9.17) is 11.6 Å². The highest BCUT2D eigenvalue weighted by atomic mass is 35.5. The molecule has 0 fully saturated rings. The Kier molecular flexibility index (Phi) is 2.84. The molecule has 1 aromatic heterocycles. The third-order valence-electron chi connectivity index (χ3n) is 2.10. The van der Waals surface area contributed by atoms with Crippen molar-refractivity contribution in [1.29, 1.82) is 0 Å². The standard InChI is InChI=1S/C11H8ClNOS/c1-7-2-3-8(4-9(7)12)11(14)10-5-15-6-13-10/h2-6H,1H3. The number of carbonyl (C=O) groups is 1. The molecular formula is C11H8ClNOS. The van der Waals surface area contributed by atoms with Gasteiger partial charge in [0.1, 0.15) is 5.69 Å². The van der Waals surface area contributed by atoms with Crippen LogP contribution in [0.5, 0.6) is 0 Å². The average Bonchev–Trinajstić information content (AvgIpc) is 2.74. The summed E-state index contributed by atoms with van der Waals surface area (Å²) in [4.78, 5) is 15.8. The molecule has 0 aliphatic rings. The molecule has 1 aromatic carbocycles. The lowest BCUT2D eigenvalue weighted by atomic mass is 10.1. The zero-order valence-corrected chi connectivity index (χ0v) is 9.60. The molecule has 15 heavy (non-hydrogen) atoms.